The van der Waals surface area contributed by atoms with Crippen LogP contribution in [0.3, 0.4) is 0 Å². The van der Waals surface area contributed by atoms with Crippen LogP contribution in [0.4, 0.5) is 0 Å². The second-order valence-corrected chi connectivity index (χ2v) is 4.25. The predicted octanol–water partition coefficient (Wildman–Crippen LogP) is 2.23. The molecule has 0 aliphatic heterocycles. The van der Waals surface area contributed by atoms with Gasteiger partial charge in [-0.2, -0.15) is 5.10 Å². The van der Waals surface area contributed by atoms with E-state index in [1.165, 1.54) is 0 Å². The molecule has 0 atom stereocenters. The van der Waals surface area contributed by atoms with Crippen molar-refractivity contribution in [3.63, 3.8) is 0 Å². The average molecular weight is 249 g/mol. The second kappa shape index (κ2) is 5.73. The Bertz CT molecular complexity index is 502. The van der Waals surface area contributed by atoms with Crippen molar-refractivity contribution in [2.75, 3.05) is 0 Å². The molecule has 0 spiro atoms. The van der Waals surface area contributed by atoms with Gasteiger partial charge in [0.25, 0.3) is 0 Å². The molecule has 18 heavy (non-hydrogen) atoms. The largest absolute Gasteiger partial charge is 0.482 e. The number of nitrogens with two attached hydrogens (primary N) is 1. The summed E-state index contributed by atoms with van der Waals surface area (Å²) in [5.41, 5.74) is 6.63. The van der Waals surface area contributed by atoms with Crippen LogP contribution in [0.1, 0.15) is 30.4 Å². The van der Waals surface area contributed by atoms with Crippen molar-refractivity contribution >= 4 is 0 Å². The first-order valence-corrected chi connectivity index (χ1v) is 6.16. The average Bonchev–Trinajstić information content (AvgIpc) is 2.94. The zero-order valence-electron chi connectivity index (χ0n) is 10.8. The number of rotatable bonds is 6. The third-order valence-corrected chi connectivity index (χ3v) is 2.70. The summed E-state index contributed by atoms with van der Waals surface area (Å²) in [7, 11) is 0. The lowest BCUT2D eigenvalue weighted by atomic mass is 10.3. The fourth-order valence-electron chi connectivity index (χ4n) is 1.79. The minimum Gasteiger partial charge on any atom is -0.482 e. The monoisotopic (exact) mass is 249 g/mol. The van der Waals surface area contributed by atoms with Crippen LogP contribution in [-0.4, -0.2) is 9.78 Å². The first-order chi connectivity index (χ1) is 8.72. The minimum atomic E-state index is 0.401. The van der Waals surface area contributed by atoms with Crippen molar-refractivity contribution < 1.29 is 9.15 Å². The van der Waals surface area contributed by atoms with Crippen LogP contribution in [0.25, 0.3) is 0 Å². The Labute approximate surface area is 107 Å². The quantitative estimate of drug-likeness (QED) is 0.852. The van der Waals surface area contributed by atoms with Gasteiger partial charge in [0, 0.05) is 6.54 Å². The van der Waals surface area contributed by atoms with Gasteiger partial charge in [-0.05, 0) is 25.0 Å². The van der Waals surface area contributed by atoms with E-state index < -0.39 is 0 Å². The first kappa shape index (κ1) is 12.7. The van der Waals surface area contributed by atoms with Gasteiger partial charge < -0.3 is 14.9 Å². The number of hydrogen-bond donors (Lipinski definition) is 1. The van der Waals surface area contributed by atoms with E-state index in [0.717, 1.165) is 35.8 Å². The van der Waals surface area contributed by atoms with E-state index in [1.54, 1.807) is 6.20 Å². The zero-order valence-corrected chi connectivity index (χ0v) is 10.8. The molecule has 0 aliphatic carbocycles. The van der Waals surface area contributed by atoms with Gasteiger partial charge in [-0.15, -0.1) is 0 Å². The highest BCUT2D eigenvalue weighted by Crippen LogP contribution is 2.17. The van der Waals surface area contributed by atoms with Crippen molar-refractivity contribution in [3.8, 4) is 5.75 Å². The van der Waals surface area contributed by atoms with Gasteiger partial charge in [0.1, 0.15) is 18.1 Å². The van der Waals surface area contributed by atoms with Crippen LogP contribution in [0.2, 0.25) is 0 Å². The molecule has 98 valence electrons. The van der Waals surface area contributed by atoms with Gasteiger partial charge in [-0.25, -0.2) is 0 Å². The van der Waals surface area contributed by atoms with Crippen LogP contribution in [0.5, 0.6) is 5.75 Å². The predicted molar refractivity (Wildman–Crippen MR) is 68.2 cm³/mol. The summed E-state index contributed by atoms with van der Waals surface area (Å²) in [6.07, 6.45) is 4.66. The summed E-state index contributed by atoms with van der Waals surface area (Å²) in [6, 6.07) is 1.96. The number of furan rings is 1. The number of ether oxygens (including phenoxy) is 1. The first-order valence-electron chi connectivity index (χ1n) is 6.16. The van der Waals surface area contributed by atoms with Crippen molar-refractivity contribution in [1.29, 1.82) is 0 Å². The number of aryl methyl sites for hydroxylation is 2. The molecule has 0 amide bonds. The molecule has 5 nitrogen and oxygen atoms in total. The summed E-state index contributed by atoms with van der Waals surface area (Å²) in [5, 5.41) is 4.20. The molecule has 2 aromatic heterocycles. The minimum absolute atomic E-state index is 0.401. The van der Waals surface area contributed by atoms with E-state index in [9.17, 15) is 0 Å². The zero-order chi connectivity index (χ0) is 13.0. The highest BCUT2D eigenvalue weighted by Gasteiger charge is 2.07. The fraction of sp³-hybridized carbons (Fsp3) is 0.462. The molecule has 5 heteroatoms. The van der Waals surface area contributed by atoms with Crippen molar-refractivity contribution in [2.45, 2.75) is 40.0 Å². The Morgan fingerprint density at radius 3 is 3.00 bits per heavy atom. The maximum Gasteiger partial charge on any atom is 0.157 e. The molecule has 2 heterocycles. The number of hydrogen-bond acceptors (Lipinski definition) is 4. The summed E-state index contributed by atoms with van der Waals surface area (Å²) < 4.78 is 13.0. The molecule has 2 aromatic rings. The van der Waals surface area contributed by atoms with Gasteiger partial charge in [0.05, 0.1) is 18.9 Å². The van der Waals surface area contributed by atoms with Crippen LogP contribution in [0, 0.1) is 6.92 Å². The highest BCUT2D eigenvalue weighted by molar-refractivity contribution is 5.20. The SMILES string of the molecule is CCCn1cc(OCc2cc(C)c(CN)o2)cn1. The van der Waals surface area contributed by atoms with E-state index in [4.69, 9.17) is 14.9 Å². The lowest BCUT2D eigenvalue weighted by Crippen LogP contribution is -1.96. The summed E-state index contributed by atoms with van der Waals surface area (Å²) >= 11 is 0. The molecular formula is C13H19N3O2. The molecule has 0 bridgehead atoms. The van der Waals surface area contributed by atoms with Gasteiger partial charge in [0.2, 0.25) is 0 Å². The fourth-order valence-corrected chi connectivity index (χ4v) is 1.79. The molecule has 0 radical (unpaired) electrons. The topological polar surface area (TPSA) is 66.2 Å². The van der Waals surface area contributed by atoms with Gasteiger partial charge in [-0.3, -0.25) is 4.68 Å². The van der Waals surface area contributed by atoms with Crippen LogP contribution in [0.15, 0.2) is 22.9 Å². The molecular weight excluding hydrogens is 230 g/mol. The van der Waals surface area contributed by atoms with Gasteiger partial charge >= 0.3 is 0 Å². The number of nitrogens with zero attached hydrogens (tertiary/aromatic N) is 2. The molecule has 0 unspecified atom stereocenters. The van der Waals surface area contributed by atoms with Crippen LogP contribution < -0.4 is 10.5 Å². The van der Waals surface area contributed by atoms with E-state index in [2.05, 4.69) is 12.0 Å². The third-order valence-electron chi connectivity index (χ3n) is 2.70. The highest BCUT2D eigenvalue weighted by atomic mass is 16.5. The lowest BCUT2D eigenvalue weighted by Gasteiger charge is -2.00. The molecule has 0 saturated carbocycles. The Morgan fingerprint density at radius 2 is 2.33 bits per heavy atom. The van der Waals surface area contributed by atoms with Crippen molar-refractivity contribution in [3.05, 3.63) is 35.5 Å². The Morgan fingerprint density at radius 1 is 1.50 bits per heavy atom. The van der Waals surface area contributed by atoms with Crippen LogP contribution in [-0.2, 0) is 19.7 Å². The summed E-state index contributed by atoms with van der Waals surface area (Å²) in [4.78, 5) is 0. The third kappa shape index (κ3) is 2.92. The summed E-state index contributed by atoms with van der Waals surface area (Å²) in [6.45, 7) is 5.82. The molecule has 0 fully saturated rings. The van der Waals surface area contributed by atoms with E-state index in [0.29, 0.717) is 13.2 Å². The number of aromatic nitrogens is 2. The molecule has 2 rings (SSSR count). The Balaban J connectivity index is 1.93. The maximum atomic E-state index is 5.61. The Hall–Kier alpha value is -1.75. The van der Waals surface area contributed by atoms with E-state index in [-0.39, 0.29) is 0 Å². The Kier molecular flexibility index (Phi) is 4.04. The standard InChI is InChI=1S/C13H19N3O2/c1-3-4-16-8-12(7-15-16)17-9-11-5-10(2)13(6-14)18-11/h5,7-8H,3-4,6,9,14H2,1-2H3. The smallest absolute Gasteiger partial charge is 0.157 e. The lowest BCUT2D eigenvalue weighted by molar-refractivity contribution is 0.266. The second-order valence-electron chi connectivity index (χ2n) is 4.25. The maximum absolute atomic E-state index is 5.61. The normalized spacial score (nSPS) is 10.8. The molecule has 0 aromatic carbocycles. The van der Waals surface area contributed by atoms with Gasteiger partial charge in [0.15, 0.2) is 5.75 Å². The van der Waals surface area contributed by atoms with E-state index in [1.807, 2.05) is 23.9 Å². The van der Waals surface area contributed by atoms with Crippen LogP contribution >= 0.6 is 0 Å². The van der Waals surface area contributed by atoms with Crippen molar-refractivity contribution in [2.24, 2.45) is 5.73 Å². The molecule has 0 aliphatic rings. The molecule has 0 saturated heterocycles. The summed E-state index contributed by atoms with van der Waals surface area (Å²) in [5.74, 6) is 2.36. The van der Waals surface area contributed by atoms with Gasteiger partial charge in [-0.1, -0.05) is 6.92 Å². The van der Waals surface area contributed by atoms with E-state index >= 15 is 0 Å². The van der Waals surface area contributed by atoms with Crippen molar-refractivity contribution in [1.82, 2.24) is 9.78 Å². The molecule has 2 N–H and O–H groups in total.